The first kappa shape index (κ1) is 13.3. The quantitative estimate of drug-likeness (QED) is 0.817. The molecule has 0 radical (unpaired) electrons. The van der Waals surface area contributed by atoms with Crippen LogP contribution in [0.4, 0.5) is 0 Å². The number of rotatable bonds is 4. The van der Waals surface area contributed by atoms with Gasteiger partial charge in [-0.2, -0.15) is 0 Å². The number of nitrogens with two attached hydrogens (primary N) is 1. The van der Waals surface area contributed by atoms with Crippen LogP contribution in [0.15, 0.2) is 0 Å². The Hall–Kier alpha value is -0.120. The largest absolute Gasteiger partial charge is 0.381 e. The second-order valence-electron chi connectivity index (χ2n) is 5.71. The fraction of sp³-hybridized carbons (Fsp3) is 1.00. The van der Waals surface area contributed by atoms with Crippen molar-refractivity contribution in [1.82, 2.24) is 4.90 Å². The molecule has 0 bridgehead atoms. The molecular weight excluding hydrogens is 212 g/mol. The van der Waals surface area contributed by atoms with Gasteiger partial charge in [0.05, 0.1) is 0 Å². The van der Waals surface area contributed by atoms with Gasteiger partial charge in [-0.25, -0.2) is 0 Å². The van der Waals surface area contributed by atoms with Crippen molar-refractivity contribution in [3.8, 4) is 0 Å². The molecule has 3 heteroatoms. The van der Waals surface area contributed by atoms with Crippen LogP contribution in [0.3, 0.4) is 0 Å². The Balaban J connectivity index is 1.68. The zero-order valence-corrected chi connectivity index (χ0v) is 11.2. The topological polar surface area (TPSA) is 38.5 Å². The zero-order valence-electron chi connectivity index (χ0n) is 11.2. The summed E-state index contributed by atoms with van der Waals surface area (Å²) in [5.41, 5.74) is 5.96. The first-order valence-electron chi connectivity index (χ1n) is 7.37. The van der Waals surface area contributed by atoms with E-state index in [0.717, 1.165) is 25.2 Å². The lowest BCUT2D eigenvalue weighted by Gasteiger charge is -2.40. The Morgan fingerprint density at radius 1 is 1.06 bits per heavy atom. The molecule has 100 valence electrons. The Morgan fingerprint density at radius 2 is 1.71 bits per heavy atom. The molecule has 17 heavy (non-hydrogen) atoms. The van der Waals surface area contributed by atoms with Crippen LogP contribution >= 0.6 is 0 Å². The van der Waals surface area contributed by atoms with Crippen molar-refractivity contribution in [2.24, 2.45) is 11.7 Å². The van der Waals surface area contributed by atoms with Crippen LogP contribution < -0.4 is 5.73 Å². The second-order valence-corrected chi connectivity index (χ2v) is 5.71. The van der Waals surface area contributed by atoms with Crippen LogP contribution in [0.25, 0.3) is 0 Å². The lowest BCUT2D eigenvalue weighted by atomic mass is 9.85. The highest BCUT2D eigenvalue weighted by Crippen LogP contribution is 2.29. The summed E-state index contributed by atoms with van der Waals surface area (Å²) in [6.07, 6.45) is 7.83. The van der Waals surface area contributed by atoms with Gasteiger partial charge in [-0.1, -0.05) is 0 Å². The van der Waals surface area contributed by atoms with Crippen LogP contribution in [0.2, 0.25) is 0 Å². The van der Waals surface area contributed by atoms with E-state index >= 15 is 0 Å². The predicted molar refractivity (Wildman–Crippen MR) is 71.0 cm³/mol. The summed E-state index contributed by atoms with van der Waals surface area (Å²) in [6.45, 7) is 6.38. The summed E-state index contributed by atoms with van der Waals surface area (Å²) in [5.74, 6) is 0.818. The minimum absolute atomic E-state index is 0.459. The van der Waals surface area contributed by atoms with Gasteiger partial charge in [0, 0.05) is 25.3 Å². The highest BCUT2D eigenvalue weighted by molar-refractivity contribution is 4.83. The lowest BCUT2D eigenvalue weighted by molar-refractivity contribution is 0.0620. The maximum Gasteiger partial charge on any atom is 0.0494 e. The molecule has 1 saturated heterocycles. The Bertz CT molecular complexity index is 206. The third kappa shape index (κ3) is 3.94. The van der Waals surface area contributed by atoms with E-state index < -0.39 is 0 Å². The summed E-state index contributed by atoms with van der Waals surface area (Å²) in [7, 11) is 0. The normalized spacial score (nSPS) is 32.8. The number of hydrogen-bond donors (Lipinski definition) is 1. The maximum absolute atomic E-state index is 5.96. The Labute approximate surface area is 106 Å². The zero-order chi connectivity index (χ0) is 12.1. The van der Waals surface area contributed by atoms with Crippen LogP contribution in [-0.4, -0.2) is 43.3 Å². The molecule has 2 rings (SSSR count). The predicted octanol–water partition coefficient (Wildman–Crippen LogP) is 2.00. The average Bonchev–Trinajstić information content (AvgIpc) is 2.38. The summed E-state index contributed by atoms with van der Waals surface area (Å²) in [5, 5.41) is 0. The van der Waals surface area contributed by atoms with Crippen molar-refractivity contribution in [2.75, 3.05) is 26.3 Å². The van der Waals surface area contributed by atoms with E-state index in [0.29, 0.717) is 6.04 Å². The summed E-state index contributed by atoms with van der Waals surface area (Å²) < 4.78 is 5.54. The van der Waals surface area contributed by atoms with Crippen LogP contribution in [-0.2, 0) is 4.74 Å². The van der Waals surface area contributed by atoms with E-state index in [1.54, 1.807) is 0 Å². The number of likely N-dealkylation sites (tertiary alicyclic amines) is 1. The van der Waals surface area contributed by atoms with E-state index in [2.05, 4.69) is 11.8 Å². The molecule has 0 atom stereocenters. The van der Waals surface area contributed by atoms with Crippen molar-refractivity contribution in [1.29, 1.82) is 0 Å². The van der Waals surface area contributed by atoms with E-state index in [4.69, 9.17) is 10.5 Å². The number of hydrogen-bond acceptors (Lipinski definition) is 3. The van der Waals surface area contributed by atoms with Crippen LogP contribution in [0.5, 0.6) is 0 Å². The first-order valence-corrected chi connectivity index (χ1v) is 7.37. The van der Waals surface area contributed by atoms with Gasteiger partial charge in [0.25, 0.3) is 0 Å². The highest BCUT2D eigenvalue weighted by atomic mass is 16.5. The molecule has 0 aromatic heterocycles. The summed E-state index contributed by atoms with van der Waals surface area (Å²) in [4.78, 5) is 2.68. The lowest BCUT2D eigenvalue weighted by Crippen LogP contribution is -2.46. The molecule has 0 unspecified atom stereocenters. The molecule has 2 N–H and O–H groups in total. The van der Waals surface area contributed by atoms with Gasteiger partial charge in [0.15, 0.2) is 0 Å². The number of piperidine rings is 1. The van der Waals surface area contributed by atoms with Crippen molar-refractivity contribution in [3.63, 3.8) is 0 Å². The summed E-state index contributed by atoms with van der Waals surface area (Å²) >= 11 is 0. The molecule has 0 aromatic carbocycles. The van der Waals surface area contributed by atoms with Gasteiger partial charge in [0.1, 0.15) is 0 Å². The highest BCUT2D eigenvalue weighted by Gasteiger charge is 2.27. The molecule has 3 nitrogen and oxygen atoms in total. The standard InChI is InChI=1S/C14H28N2O/c1-2-17-11-12-3-5-14(6-4-12)16-9-7-13(15)8-10-16/h12-14H,2-11,15H2,1H3/t12-,14-. The molecular formula is C14H28N2O. The molecule has 0 spiro atoms. The SMILES string of the molecule is CCOC[C@H]1CC[C@H](N2CCC(N)CC2)CC1. The molecule has 0 amide bonds. The van der Waals surface area contributed by atoms with Crippen molar-refractivity contribution >= 4 is 0 Å². The smallest absolute Gasteiger partial charge is 0.0494 e. The van der Waals surface area contributed by atoms with Crippen molar-refractivity contribution < 1.29 is 4.74 Å². The third-order valence-electron chi connectivity index (χ3n) is 4.46. The van der Waals surface area contributed by atoms with E-state index in [9.17, 15) is 0 Å². The fourth-order valence-electron chi connectivity index (χ4n) is 3.25. The number of nitrogens with zero attached hydrogens (tertiary/aromatic N) is 1. The molecule has 2 fully saturated rings. The minimum atomic E-state index is 0.459. The fourth-order valence-corrected chi connectivity index (χ4v) is 3.25. The van der Waals surface area contributed by atoms with E-state index in [1.165, 1.54) is 51.6 Å². The van der Waals surface area contributed by atoms with E-state index in [-0.39, 0.29) is 0 Å². The monoisotopic (exact) mass is 240 g/mol. The van der Waals surface area contributed by atoms with Gasteiger partial charge in [-0.15, -0.1) is 0 Å². The van der Waals surface area contributed by atoms with E-state index in [1.807, 2.05) is 0 Å². The van der Waals surface area contributed by atoms with Crippen LogP contribution in [0, 0.1) is 5.92 Å². The summed E-state index contributed by atoms with van der Waals surface area (Å²) in [6, 6.07) is 1.29. The van der Waals surface area contributed by atoms with Crippen LogP contribution in [0.1, 0.15) is 45.4 Å². The molecule has 1 aliphatic heterocycles. The first-order chi connectivity index (χ1) is 8.29. The third-order valence-corrected chi connectivity index (χ3v) is 4.46. The molecule has 1 heterocycles. The molecule has 0 aromatic rings. The molecule has 1 aliphatic carbocycles. The van der Waals surface area contributed by atoms with Gasteiger partial charge in [-0.3, -0.25) is 0 Å². The Morgan fingerprint density at radius 3 is 2.29 bits per heavy atom. The van der Waals surface area contributed by atoms with Gasteiger partial charge in [-0.05, 0) is 64.5 Å². The van der Waals surface area contributed by atoms with Gasteiger partial charge in [0.2, 0.25) is 0 Å². The molecule has 1 saturated carbocycles. The Kier molecular flexibility index (Phi) is 5.26. The maximum atomic E-state index is 5.96. The number of ether oxygens (including phenoxy) is 1. The molecule has 2 aliphatic rings. The van der Waals surface area contributed by atoms with Crippen molar-refractivity contribution in [3.05, 3.63) is 0 Å². The second kappa shape index (κ2) is 6.72. The average molecular weight is 240 g/mol. The van der Waals surface area contributed by atoms with Gasteiger partial charge >= 0.3 is 0 Å². The minimum Gasteiger partial charge on any atom is -0.381 e. The van der Waals surface area contributed by atoms with Gasteiger partial charge < -0.3 is 15.4 Å². The van der Waals surface area contributed by atoms with Crippen molar-refractivity contribution in [2.45, 2.75) is 57.5 Å².